The van der Waals surface area contributed by atoms with E-state index in [9.17, 15) is 19.5 Å². The molecule has 0 aliphatic heterocycles. The Morgan fingerprint density at radius 2 is 1.64 bits per heavy atom. The summed E-state index contributed by atoms with van der Waals surface area (Å²) in [6.45, 7) is 10.8. The van der Waals surface area contributed by atoms with Crippen LogP contribution < -0.4 is 10.6 Å². The molecule has 0 aromatic carbocycles. The van der Waals surface area contributed by atoms with Gasteiger partial charge in [-0.15, -0.1) is 0 Å². The Morgan fingerprint density at radius 3 is 2.04 bits per heavy atom. The van der Waals surface area contributed by atoms with Gasteiger partial charge in [-0.2, -0.15) is 0 Å². The molecule has 0 aliphatic carbocycles. The number of rotatable bonds is 9. The summed E-state index contributed by atoms with van der Waals surface area (Å²) in [4.78, 5) is 35.3. The summed E-state index contributed by atoms with van der Waals surface area (Å²) < 4.78 is 5.17. The number of ether oxygens (including phenoxy) is 1. The van der Waals surface area contributed by atoms with Crippen molar-refractivity contribution in [1.82, 2.24) is 10.6 Å². The van der Waals surface area contributed by atoms with E-state index in [1.165, 1.54) is 0 Å². The summed E-state index contributed by atoms with van der Waals surface area (Å²) in [5.74, 6) is -1.63. The van der Waals surface area contributed by atoms with E-state index >= 15 is 0 Å². The normalized spacial score (nSPS) is 15.2. The van der Waals surface area contributed by atoms with Crippen LogP contribution in [0.5, 0.6) is 0 Å². The number of hydrogen-bond acceptors (Lipinski definition) is 5. The smallest absolute Gasteiger partial charge is 0.408 e. The maximum atomic E-state index is 12.5. The van der Waals surface area contributed by atoms with Crippen LogP contribution in [0.15, 0.2) is 0 Å². The second-order valence-corrected chi connectivity index (χ2v) is 7.48. The average Bonchev–Trinajstić information content (AvgIpc) is 2.45. The number of aliphatic hydroxyl groups excluding tert-OH is 1. The van der Waals surface area contributed by atoms with E-state index in [1.54, 1.807) is 27.7 Å². The van der Waals surface area contributed by atoms with Gasteiger partial charge in [-0.05, 0) is 46.0 Å². The van der Waals surface area contributed by atoms with Crippen LogP contribution in [0, 0.1) is 5.92 Å². The first kappa shape index (κ1) is 23.2. The number of aliphatic carboxylic acids is 1. The summed E-state index contributed by atoms with van der Waals surface area (Å²) in [6.07, 6.45) is -1.12. The second-order valence-electron chi connectivity index (χ2n) is 7.48. The first-order valence-electron chi connectivity index (χ1n) is 8.58. The van der Waals surface area contributed by atoms with Gasteiger partial charge in [0, 0.05) is 0 Å². The summed E-state index contributed by atoms with van der Waals surface area (Å²) >= 11 is 0. The lowest BCUT2D eigenvalue weighted by atomic mass is 10.0. The zero-order valence-electron chi connectivity index (χ0n) is 16.0. The summed E-state index contributed by atoms with van der Waals surface area (Å²) in [7, 11) is 0. The molecule has 25 heavy (non-hydrogen) atoms. The van der Waals surface area contributed by atoms with Gasteiger partial charge in [-0.1, -0.05) is 20.8 Å². The molecule has 8 heteroatoms. The monoisotopic (exact) mass is 360 g/mol. The first-order valence-corrected chi connectivity index (χ1v) is 8.58. The maximum Gasteiger partial charge on any atom is 0.408 e. The van der Waals surface area contributed by atoms with Crippen molar-refractivity contribution in [1.29, 1.82) is 0 Å². The minimum absolute atomic E-state index is 0.239. The molecule has 0 fully saturated rings. The number of carboxylic acid groups (broad SMARTS) is 1. The number of carbonyl (C=O) groups excluding carboxylic acids is 2. The van der Waals surface area contributed by atoms with Gasteiger partial charge in [-0.25, -0.2) is 9.59 Å². The molecule has 146 valence electrons. The van der Waals surface area contributed by atoms with Crippen LogP contribution in [0.4, 0.5) is 4.79 Å². The summed E-state index contributed by atoms with van der Waals surface area (Å²) in [5, 5.41) is 23.6. The molecule has 0 rings (SSSR count). The molecule has 0 aliphatic rings. The van der Waals surface area contributed by atoms with E-state index in [4.69, 9.17) is 9.84 Å². The largest absolute Gasteiger partial charge is 0.479 e. The Balaban J connectivity index is 5.02. The molecule has 8 nitrogen and oxygen atoms in total. The van der Waals surface area contributed by atoms with Crippen molar-refractivity contribution in [3.05, 3.63) is 0 Å². The molecule has 2 unspecified atom stereocenters. The van der Waals surface area contributed by atoms with Gasteiger partial charge >= 0.3 is 12.1 Å². The number of amides is 2. The number of hydrogen-bond donors (Lipinski definition) is 4. The standard InChI is InChI=1S/C17H32N2O6/c1-7-11(13(20)15(22)23)18-14(21)12(9-8-10(2)3)19-16(24)25-17(4,5)6/h10-13,20H,7-9H2,1-6H3,(H,18,21)(H,19,24)(H,22,23)/t11?,12-,13?/m0/s1. The summed E-state index contributed by atoms with van der Waals surface area (Å²) in [5.41, 5.74) is -0.700. The number of nitrogens with one attached hydrogen (secondary N) is 2. The minimum Gasteiger partial charge on any atom is -0.479 e. The maximum absolute atomic E-state index is 12.5. The molecule has 0 saturated carbocycles. The van der Waals surface area contributed by atoms with Crippen molar-refractivity contribution < 1.29 is 29.3 Å². The lowest BCUT2D eigenvalue weighted by Crippen LogP contribution is -2.54. The number of aliphatic hydroxyl groups is 1. The lowest BCUT2D eigenvalue weighted by Gasteiger charge is -2.26. The van der Waals surface area contributed by atoms with Crippen LogP contribution >= 0.6 is 0 Å². The third-order valence-electron chi connectivity index (χ3n) is 3.44. The van der Waals surface area contributed by atoms with Gasteiger partial charge in [0.1, 0.15) is 11.6 Å². The van der Waals surface area contributed by atoms with E-state index in [1.807, 2.05) is 13.8 Å². The Bertz CT molecular complexity index is 459. The number of carboxylic acids is 1. The van der Waals surface area contributed by atoms with Crippen LogP contribution in [0.25, 0.3) is 0 Å². The van der Waals surface area contributed by atoms with Crippen LogP contribution in [-0.4, -0.2) is 52.0 Å². The van der Waals surface area contributed by atoms with Gasteiger partial charge in [0.15, 0.2) is 6.10 Å². The number of alkyl carbamates (subject to hydrolysis) is 1. The third kappa shape index (κ3) is 9.91. The highest BCUT2D eigenvalue weighted by Crippen LogP contribution is 2.11. The summed E-state index contributed by atoms with van der Waals surface area (Å²) in [6, 6.07) is -1.81. The molecule has 0 bridgehead atoms. The fourth-order valence-corrected chi connectivity index (χ4v) is 2.08. The molecule has 0 saturated heterocycles. The van der Waals surface area contributed by atoms with E-state index in [-0.39, 0.29) is 6.42 Å². The molecular formula is C17H32N2O6. The third-order valence-corrected chi connectivity index (χ3v) is 3.44. The Hall–Kier alpha value is -1.83. The number of carbonyl (C=O) groups is 3. The van der Waals surface area contributed by atoms with E-state index in [0.717, 1.165) is 0 Å². The topological polar surface area (TPSA) is 125 Å². The zero-order valence-corrected chi connectivity index (χ0v) is 16.0. The Kier molecular flexibility index (Phi) is 9.48. The van der Waals surface area contributed by atoms with Gasteiger partial charge in [0.05, 0.1) is 6.04 Å². The molecule has 0 radical (unpaired) electrons. The quantitative estimate of drug-likeness (QED) is 0.495. The SMILES string of the molecule is CCC(NC(=O)[C@H](CCC(C)C)NC(=O)OC(C)(C)C)C(O)C(=O)O. The zero-order chi connectivity index (χ0) is 19.8. The molecule has 0 aromatic heterocycles. The molecule has 0 aromatic rings. The highest BCUT2D eigenvalue weighted by molar-refractivity contribution is 5.86. The van der Waals surface area contributed by atoms with E-state index < -0.39 is 41.8 Å². The molecule has 3 atom stereocenters. The molecular weight excluding hydrogens is 328 g/mol. The minimum atomic E-state index is -1.71. The van der Waals surface area contributed by atoms with Crippen LogP contribution in [0.3, 0.4) is 0 Å². The van der Waals surface area contributed by atoms with Crippen LogP contribution in [0.2, 0.25) is 0 Å². The lowest BCUT2D eigenvalue weighted by molar-refractivity contribution is -0.148. The Morgan fingerprint density at radius 1 is 1.08 bits per heavy atom. The predicted molar refractivity (Wildman–Crippen MR) is 93.1 cm³/mol. The first-order chi connectivity index (χ1) is 11.4. The van der Waals surface area contributed by atoms with Crippen LogP contribution in [-0.2, 0) is 14.3 Å². The van der Waals surface area contributed by atoms with Gasteiger partial charge in [0.25, 0.3) is 0 Å². The Labute approximate surface area is 149 Å². The molecule has 4 N–H and O–H groups in total. The highest BCUT2D eigenvalue weighted by atomic mass is 16.6. The molecule has 0 spiro atoms. The van der Waals surface area contributed by atoms with Crippen LogP contribution in [0.1, 0.15) is 60.8 Å². The van der Waals surface area contributed by atoms with Crippen molar-refractivity contribution in [2.24, 2.45) is 5.92 Å². The van der Waals surface area contributed by atoms with Gasteiger partial charge < -0.3 is 25.6 Å². The highest BCUT2D eigenvalue weighted by Gasteiger charge is 2.30. The molecule has 2 amide bonds. The van der Waals surface area contributed by atoms with Gasteiger partial charge in [0.2, 0.25) is 5.91 Å². The molecule has 0 heterocycles. The van der Waals surface area contributed by atoms with Crippen molar-refractivity contribution >= 4 is 18.0 Å². The van der Waals surface area contributed by atoms with Crippen molar-refractivity contribution in [2.75, 3.05) is 0 Å². The van der Waals surface area contributed by atoms with Gasteiger partial charge in [-0.3, -0.25) is 4.79 Å². The van der Waals surface area contributed by atoms with E-state index in [2.05, 4.69) is 10.6 Å². The fourth-order valence-electron chi connectivity index (χ4n) is 2.08. The average molecular weight is 360 g/mol. The van der Waals surface area contributed by atoms with E-state index in [0.29, 0.717) is 18.8 Å². The van der Waals surface area contributed by atoms with Crippen molar-refractivity contribution in [3.63, 3.8) is 0 Å². The fraction of sp³-hybridized carbons (Fsp3) is 0.824. The predicted octanol–water partition coefficient (Wildman–Crippen LogP) is 1.66. The van der Waals surface area contributed by atoms with Crippen molar-refractivity contribution in [3.8, 4) is 0 Å². The van der Waals surface area contributed by atoms with Crippen molar-refractivity contribution in [2.45, 2.75) is 84.6 Å². The second kappa shape index (κ2) is 10.2.